The minimum atomic E-state index is -1.77. The highest BCUT2D eigenvalue weighted by molar-refractivity contribution is 14.1. The highest BCUT2D eigenvalue weighted by Gasteiger charge is 2.30. The molecule has 0 saturated heterocycles. The normalized spacial score (nSPS) is 11.9. The van der Waals surface area contributed by atoms with Gasteiger partial charge in [0, 0.05) is 24.3 Å². The monoisotopic (exact) mass is 777 g/mol. The molecule has 1 rings (SSSR count). The second-order valence-electron chi connectivity index (χ2n) is 6.26. The van der Waals surface area contributed by atoms with E-state index in [1.807, 2.05) is 67.8 Å². The fourth-order valence-electron chi connectivity index (χ4n) is 2.39. The summed E-state index contributed by atoms with van der Waals surface area (Å²) < 4.78 is 5.80. The summed E-state index contributed by atoms with van der Waals surface area (Å²) in [5.41, 5.74) is 0.393. The Labute approximate surface area is 219 Å². The highest BCUT2D eigenvalue weighted by Crippen LogP contribution is 2.36. The first kappa shape index (κ1) is 28.7. The van der Waals surface area contributed by atoms with Crippen molar-refractivity contribution in [2.24, 2.45) is 0 Å². The van der Waals surface area contributed by atoms with Crippen LogP contribution < -0.4 is 10.6 Å². The minimum absolute atomic E-state index is 0.0643. The molecule has 0 bridgehead atoms. The van der Waals surface area contributed by atoms with Crippen molar-refractivity contribution in [3.05, 3.63) is 21.8 Å². The number of anilines is 1. The number of halogens is 3. The van der Waals surface area contributed by atoms with Gasteiger partial charge in [-0.25, -0.2) is 0 Å². The number of nitrogens with one attached hydrogen (secondary N) is 2. The number of carbonyl (C=O) groups is 3. The van der Waals surface area contributed by atoms with Crippen LogP contribution in [-0.4, -0.2) is 95.9 Å². The van der Waals surface area contributed by atoms with Crippen molar-refractivity contribution in [1.29, 1.82) is 0 Å². The second kappa shape index (κ2) is 13.4. The van der Waals surface area contributed by atoms with Crippen LogP contribution >= 0.6 is 67.8 Å². The van der Waals surface area contributed by atoms with Crippen LogP contribution in [0.3, 0.4) is 0 Å². The maximum atomic E-state index is 13.1. The van der Waals surface area contributed by atoms with Gasteiger partial charge in [0.15, 0.2) is 6.29 Å². The maximum Gasteiger partial charge on any atom is 0.255 e. The van der Waals surface area contributed by atoms with Crippen LogP contribution in [0.2, 0.25) is 0 Å². The third-order valence-electron chi connectivity index (χ3n) is 3.78. The van der Waals surface area contributed by atoms with E-state index in [0.717, 1.165) is 0 Å². The summed E-state index contributed by atoms with van der Waals surface area (Å²) in [6.45, 7) is -1.37. The van der Waals surface area contributed by atoms with Gasteiger partial charge in [0.2, 0.25) is 5.91 Å². The van der Waals surface area contributed by atoms with Crippen LogP contribution in [0.25, 0.3) is 0 Å². The van der Waals surface area contributed by atoms with Gasteiger partial charge in [-0.15, -0.1) is 0 Å². The van der Waals surface area contributed by atoms with Crippen LogP contribution in [-0.2, 0) is 9.53 Å². The van der Waals surface area contributed by atoms with Gasteiger partial charge in [0.25, 0.3) is 11.8 Å². The minimum Gasteiger partial charge on any atom is -0.394 e. The van der Waals surface area contributed by atoms with Crippen LogP contribution in [0.1, 0.15) is 20.7 Å². The zero-order valence-electron chi connectivity index (χ0n) is 16.5. The average molecular weight is 777 g/mol. The van der Waals surface area contributed by atoms with Gasteiger partial charge in [-0.05, 0) is 67.8 Å². The molecule has 1 aromatic carbocycles. The van der Waals surface area contributed by atoms with E-state index in [4.69, 9.17) is 20.1 Å². The largest absolute Gasteiger partial charge is 0.394 e. The van der Waals surface area contributed by atoms with E-state index in [0.29, 0.717) is 7.14 Å². The molecular weight excluding hydrogens is 755 g/mol. The maximum absolute atomic E-state index is 13.1. The van der Waals surface area contributed by atoms with Crippen molar-refractivity contribution in [2.45, 2.75) is 12.4 Å². The Morgan fingerprint density at radius 3 is 2.16 bits per heavy atom. The summed E-state index contributed by atoms with van der Waals surface area (Å²) in [5.74, 6) is -1.72. The van der Waals surface area contributed by atoms with Crippen molar-refractivity contribution in [3.63, 3.8) is 0 Å². The van der Waals surface area contributed by atoms with Crippen LogP contribution in [0.15, 0.2) is 0 Å². The Morgan fingerprint density at radius 2 is 1.65 bits per heavy atom. The Bertz CT molecular complexity index is 838. The van der Waals surface area contributed by atoms with Crippen LogP contribution in [0.4, 0.5) is 5.69 Å². The summed E-state index contributed by atoms with van der Waals surface area (Å²) in [6.07, 6.45) is -2.92. The number of likely N-dealkylation sites (N-methyl/N-ethyl adjacent to an activating group) is 1. The van der Waals surface area contributed by atoms with E-state index in [9.17, 15) is 19.5 Å². The predicted molar refractivity (Wildman–Crippen MR) is 136 cm³/mol. The van der Waals surface area contributed by atoms with E-state index >= 15 is 0 Å². The number of aliphatic hydroxyl groups is 4. The van der Waals surface area contributed by atoms with Crippen molar-refractivity contribution < 1.29 is 39.5 Å². The van der Waals surface area contributed by atoms with Crippen molar-refractivity contribution in [3.8, 4) is 0 Å². The Hall–Kier alpha value is -0.380. The SMILES string of the molecule is COCC(=O)Nc1c(I)c(C(=O)NCC(O)O)c(I)c(C(=O)N(C)CC(O)CO)c1I. The summed E-state index contributed by atoms with van der Waals surface area (Å²) in [6, 6.07) is 0. The molecule has 0 aromatic heterocycles. The summed E-state index contributed by atoms with van der Waals surface area (Å²) in [4.78, 5) is 39.2. The third kappa shape index (κ3) is 7.86. The first-order chi connectivity index (χ1) is 14.5. The molecule has 0 radical (unpaired) electrons. The zero-order valence-corrected chi connectivity index (χ0v) is 23.0. The Kier molecular flexibility index (Phi) is 12.3. The van der Waals surface area contributed by atoms with E-state index in [2.05, 4.69) is 10.6 Å². The molecule has 0 spiro atoms. The van der Waals surface area contributed by atoms with E-state index in [1.54, 1.807) is 0 Å². The molecule has 0 fully saturated rings. The number of rotatable bonds is 10. The second-order valence-corrected chi connectivity index (χ2v) is 9.50. The smallest absolute Gasteiger partial charge is 0.255 e. The molecule has 0 heterocycles. The molecule has 0 saturated carbocycles. The lowest BCUT2D eigenvalue weighted by molar-refractivity contribution is -0.119. The lowest BCUT2D eigenvalue weighted by Crippen LogP contribution is -2.38. The Morgan fingerprint density at radius 1 is 1.06 bits per heavy atom. The number of hydrogen-bond acceptors (Lipinski definition) is 8. The molecule has 31 heavy (non-hydrogen) atoms. The van der Waals surface area contributed by atoms with Gasteiger partial charge in [-0.1, -0.05) is 0 Å². The number of carbonyl (C=O) groups excluding carboxylic acids is 3. The average Bonchev–Trinajstić information content (AvgIpc) is 2.69. The molecule has 11 nitrogen and oxygen atoms in total. The van der Waals surface area contributed by atoms with Crippen molar-refractivity contribution in [2.75, 3.05) is 45.8 Å². The number of methoxy groups -OCH3 is 1. The van der Waals surface area contributed by atoms with Gasteiger partial charge in [0.05, 0.1) is 43.2 Å². The fourth-order valence-corrected chi connectivity index (χ4v) is 6.77. The van der Waals surface area contributed by atoms with Crippen LogP contribution in [0.5, 0.6) is 0 Å². The van der Waals surface area contributed by atoms with Gasteiger partial charge >= 0.3 is 0 Å². The van der Waals surface area contributed by atoms with E-state index < -0.39 is 43.3 Å². The lowest BCUT2D eigenvalue weighted by Gasteiger charge is -2.24. The molecule has 14 heteroatoms. The van der Waals surface area contributed by atoms with Crippen molar-refractivity contribution >= 4 is 91.2 Å². The molecular formula is C17H22I3N3O8. The van der Waals surface area contributed by atoms with E-state index in [-0.39, 0.29) is 33.5 Å². The quantitative estimate of drug-likeness (QED) is 0.137. The van der Waals surface area contributed by atoms with Crippen molar-refractivity contribution in [1.82, 2.24) is 10.2 Å². The summed E-state index contributed by atoms with van der Waals surface area (Å²) in [5, 5.41) is 41.8. The van der Waals surface area contributed by atoms with E-state index in [1.165, 1.54) is 19.1 Å². The topological polar surface area (TPSA) is 169 Å². The number of amides is 3. The summed E-state index contributed by atoms with van der Waals surface area (Å²) >= 11 is 5.57. The first-order valence-corrected chi connectivity index (χ1v) is 11.9. The number of hydrogen-bond donors (Lipinski definition) is 6. The molecule has 6 N–H and O–H groups in total. The molecule has 3 amide bonds. The molecule has 1 atom stereocenters. The Balaban J connectivity index is 3.60. The van der Waals surface area contributed by atoms with Crippen LogP contribution in [0, 0.1) is 10.7 Å². The molecule has 1 aromatic rings. The fraction of sp³-hybridized carbons (Fsp3) is 0.471. The number of aliphatic hydroxyl groups excluding tert-OH is 3. The standard InChI is InChI=1S/C17H22I3N3O8/c1-23(4-7(25)5-24)17(30)11-12(18)10(16(29)21-3-9(27)28)13(19)15(14(11)20)22-8(26)6-31-2/h7,9,24-25,27-28H,3-6H2,1-2H3,(H,21,29)(H,22,26). The summed E-state index contributed by atoms with van der Waals surface area (Å²) in [7, 11) is 2.77. The highest BCUT2D eigenvalue weighted by atomic mass is 127. The molecule has 0 aliphatic heterocycles. The molecule has 0 aliphatic carbocycles. The van der Waals surface area contributed by atoms with Gasteiger partial charge in [0.1, 0.15) is 6.61 Å². The number of ether oxygens (including phenoxy) is 1. The predicted octanol–water partition coefficient (Wildman–Crippen LogP) is -0.449. The zero-order chi connectivity index (χ0) is 23.9. The first-order valence-electron chi connectivity index (χ1n) is 8.64. The third-order valence-corrected chi connectivity index (χ3v) is 7.02. The molecule has 174 valence electrons. The number of benzene rings is 1. The van der Waals surface area contributed by atoms with Gasteiger partial charge < -0.3 is 40.7 Å². The molecule has 1 unspecified atom stereocenters. The molecule has 0 aliphatic rings. The van der Waals surface area contributed by atoms with Gasteiger partial charge in [-0.3, -0.25) is 14.4 Å². The number of nitrogens with zero attached hydrogens (tertiary/aromatic N) is 1. The lowest BCUT2D eigenvalue weighted by atomic mass is 10.1. The van der Waals surface area contributed by atoms with Gasteiger partial charge in [-0.2, -0.15) is 0 Å².